The summed E-state index contributed by atoms with van der Waals surface area (Å²) in [5.74, 6) is -3.54. The number of carbonyl (C=O) groups is 4. The number of methoxy groups -OCH3 is 4. The lowest BCUT2D eigenvalue weighted by atomic mass is 9.84. The zero-order valence-corrected chi connectivity index (χ0v) is 24.5. The van der Waals surface area contributed by atoms with Crippen LogP contribution < -0.4 is 5.30 Å². The van der Waals surface area contributed by atoms with E-state index in [9.17, 15) is 19.2 Å². The van der Waals surface area contributed by atoms with Crippen molar-refractivity contribution in [2.24, 2.45) is 0 Å². The van der Waals surface area contributed by atoms with Crippen LogP contribution in [0.15, 0.2) is 102 Å². The van der Waals surface area contributed by atoms with E-state index in [-0.39, 0.29) is 22.9 Å². The number of carbonyl (C=O) groups excluding carboxylic acids is 4. The molecule has 0 aliphatic carbocycles. The topological polar surface area (TPSA) is 105 Å². The molecule has 5 rings (SSSR count). The molecule has 214 valence electrons. The molecule has 0 spiro atoms. The van der Waals surface area contributed by atoms with E-state index in [1.165, 1.54) is 14.2 Å². The van der Waals surface area contributed by atoms with Gasteiger partial charge in [0.05, 0.1) is 44.9 Å². The Morgan fingerprint density at radius 1 is 0.619 bits per heavy atom. The summed E-state index contributed by atoms with van der Waals surface area (Å²) >= 11 is 0. The van der Waals surface area contributed by atoms with Crippen LogP contribution in [0.3, 0.4) is 0 Å². The molecule has 9 heteroatoms. The monoisotopic (exact) mass is 584 g/mol. The molecule has 0 aromatic heterocycles. The lowest BCUT2D eigenvalue weighted by Crippen LogP contribution is -2.44. The third-order valence-electron chi connectivity index (χ3n) is 7.86. The zero-order chi connectivity index (χ0) is 30.1. The van der Waals surface area contributed by atoms with Crippen molar-refractivity contribution >= 4 is 52.2 Å². The van der Waals surface area contributed by atoms with Crippen LogP contribution in [0.2, 0.25) is 0 Å². The van der Waals surface area contributed by atoms with E-state index in [0.29, 0.717) is 10.6 Å². The first kappa shape index (κ1) is 28.8. The first-order chi connectivity index (χ1) is 20.3. The van der Waals surface area contributed by atoms with Gasteiger partial charge in [-0.15, -0.1) is 0 Å². The number of esters is 4. The molecule has 2 aliphatic heterocycles. The summed E-state index contributed by atoms with van der Waals surface area (Å²) in [6, 6.07) is 27.8. The van der Waals surface area contributed by atoms with Crippen LogP contribution in [-0.2, 0) is 38.1 Å². The highest BCUT2D eigenvalue weighted by Gasteiger charge is 2.70. The lowest BCUT2D eigenvalue weighted by Gasteiger charge is -2.39. The largest absolute Gasteiger partial charge is 0.468 e. The minimum atomic E-state index is -3.68. The van der Waals surface area contributed by atoms with Crippen LogP contribution >= 0.6 is 6.89 Å². The summed E-state index contributed by atoms with van der Waals surface area (Å²) in [4.78, 5) is 56.1. The molecule has 8 nitrogen and oxygen atoms in total. The van der Waals surface area contributed by atoms with Crippen molar-refractivity contribution in [3.63, 3.8) is 0 Å². The highest BCUT2D eigenvalue weighted by molar-refractivity contribution is 7.96. The molecule has 0 saturated carbocycles. The van der Waals surface area contributed by atoms with Crippen LogP contribution in [0.1, 0.15) is 17.5 Å². The average molecular weight is 585 g/mol. The van der Waals surface area contributed by atoms with Crippen molar-refractivity contribution in [2.45, 2.75) is 11.6 Å². The summed E-state index contributed by atoms with van der Waals surface area (Å²) in [5.41, 5.74) is 1.63. The number of hydrogen-bond acceptors (Lipinski definition) is 8. The predicted octanol–water partition coefficient (Wildman–Crippen LogP) is 4.22. The molecule has 0 N–H and O–H groups in total. The van der Waals surface area contributed by atoms with E-state index in [2.05, 4.69) is 0 Å². The van der Waals surface area contributed by atoms with Crippen LogP contribution in [0.25, 0.3) is 10.9 Å². The Morgan fingerprint density at radius 3 is 1.62 bits per heavy atom. The molecule has 0 fully saturated rings. The van der Waals surface area contributed by atoms with Gasteiger partial charge in [0, 0.05) is 0 Å². The van der Waals surface area contributed by atoms with Crippen LogP contribution in [0.4, 0.5) is 0 Å². The molecule has 42 heavy (non-hydrogen) atoms. The Morgan fingerprint density at radius 2 is 1.12 bits per heavy atom. The van der Waals surface area contributed by atoms with Gasteiger partial charge in [0.15, 0.2) is 0 Å². The summed E-state index contributed by atoms with van der Waals surface area (Å²) in [6.07, 6.45) is -0.0536. The maximum atomic E-state index is 14.5. The fourth-order valence-corrected chi connectivity index (χ4v) is 12.3. The SMILES string of the molecule is COC(=O)C1=C(C(=O)OC)C2(C(=O)OC)CC(c3ccccc3)=C(c3ccccc3)P2(c2ccccc2)=C1C(=O)OC. The second kappa shape index (κ2) is 11.3. The van der Waals surface area contributed by atoms with Gasteiger partial charge in [0.1, 0.15) is 5.16 Å². The van der Waals surface area contributed by atoms with Crippen molar-refractivity contribution in [3.8, 4) is 0 Å². The number of fused-ring (bicyclic) bond motifs is 1. The molecule has 3 aromatic carbocycles. The van der Waals surface area contributed by atoms with Gasteiger partial charge < -0.3 is 18.9 Å². The molecule has 0 radical (unpaired) electrons. The van der Waals surface area contributed by atoms with Crippen molar-refractivity contribution in [3.05, 3.63) is 113 Å². The second-order valence-electron chi connectivity index (χ2n) is 9.67. The van der Waals surface area contributed by atoms with Crippen LogP contribution in [0.5, 0.6) is 0 Å². The van der Waals surface area contributed by atoms with Crippen molar-refractivity contribution in [2.75, 3.05) is 28.4 Å². The third-order valence-corrected chi connectivity index (χ3v) is 12.9. The molecule has 2 atom stereocenters. The number of allylic oxidation sites excluding steroid dienone is 1. The normalized spacial score (nSPS) is 21.1. The Balaban J connectivity index is 2.18. The maximum absolute atomic E-state index is 14.5. The minimum Gasteiger partial charge on any atom is -0.468 e. The number of ether oxygens (including phenoxy) is 4. The molecular weight excluding hydrogens is 555 g/mol. The molecule has 2 aliphatic rings. The van der Waals surface area contributed by atoms with Gasteiger partial charge >= 0.3 is 23.9 Å². The Kier molecular flexibility index (Phi) is 7.76. The summed E-state index contributed by atoms with van der Waals surface area (Å²) < 4.78 is 21.2. The van der Waals surface area contributed by atoms with Crippen LogP contribution in [-0.4, -0.2) is 62.8 Å². The van der Waals surface area contributed by atoms with Gasteiger partial charge in [-0.3, -0.25) is 4.79 Å². The predicted molar refractivity (Wildman–Crippen MR) is 160 cm³/mol. The van der Waals surface area contributed by atoms with Crippen molar-refractivity contribution < 1.29 is 38.1 Å². The molecule has 0 saturated heterocycles. The molecule has 2 unspecified atom stereocenters. The second-order valence-corrected chi connectivity index (χ2v) is 13.2. The van der Waals surface area contributed by atoms with Gasteiger partial charge in [0.25, 0.3) is 0 Å². The maximum Gasteiger partial charge on any atom is 0.339 e. The highest BCUT2D eigenvalue weighted by atomic mass is 31.2. The van der Waals surface area contributed by atoms with E-state index >= 15 is 0 Å². The lowest BCUT2D eigenvalue weighted by molar-refractivity contribution is -0.146. The van der Waals surface area contributed by atoms with E-state index in [1.807, 2.05) is 66.7 Å². The average Bonchev–Trinajstić information content (AvgIpc) is 3.51. The highest BCUT2D eigenvalue weighted by Crippen LogP contribution is 2.82. The van der Waals surface area contributed by atoms with Gasteiger partial charge in [-0.25, -0.2) is 14.4 Å². The van der Waals surface area contributed by atoms with Gasteiger partial charge in [0.2, 0.25) is 0 Å². The fourth-order valence-electron chi connectivity index (χ4n) is 6.36. The smallest absolute Gasteiger partial charge is 0.339 e. The third kappa shape index (κ3) is 3.90. The first-order valence-corrected chi connectivity index (χ1v) is 14.9. The molecule has 2 heterocycles. The summed E-state index contributed by atoms with van der Waals surface area (Å²) in [5, 5.41) is -0.703. The van der Waals surface area contributed by atoms with E-state index in [0.717, 1.165) is 30.9 Å². The Labute approximate surface area is 243 Å². The fraction of sp³-hybridized carbons (Fsp3) is 0.182. The van der Waals surface area contributed by atoms with Crippen LogP contribution in [0, 0.1) is 0 Å². The standard InChI is InChI=1S/C33H29O8P/c1-38-29(34)25-26(30(35)39-2)33(32(37)41-4)20-24(21-14-8-5-9-15-21)27(22-16-10-6-11-17-22)42(33,28(25)31(36)40-3)23-18-12-7-13-19-23/h5-19H,20H2,1-4H3. The first-order valence-electron chi connectivity index (χ1n) is 13.1. The molecular formula is C33H29O8P. The van der Waals surface area contributed by atoms with Gasteiger partial charge in [-0.1, -0.05) is 91.0 Å². The number of rotatable bonds is 7. The van der Waals surface area contributed by atoms with E-state index in [4.69, 9.17) is 18.9 Å². The Hall–Kier alpha value is -4.68. The number of benzene rings is 3. The molecule has 0 amide bonds. The zero-order valence-electron chi connectivity index (χ0n) is 23.6. The quantitative estimate of drug-likeness (QED) is 0.231. The Bertz CT molecular complexity index is 1700. The molecule has 0 bridgehead atoms. The number of hydrogen-bond donors (Lipinski definition) is 0. The summed E-state index contributed by atoms with van der Waals surface area (Å²) in [7, 11) is 4.73. The van der Waals surface area contributed by atoms with Crippen molar-refractivity contribution in [1.82, 2.24) is 0 Å². The molecule has 3 aromatic rings. The summed E-state index contributed by atoms with van der Waals surface area (Å²) in [6.45, 7) is -3.68. The van der Waals surface area contributed by atoms with E-state index in [1.54, 1.807) is 24.3 Å². The van der Waals surface area contributed by atoms with Gasteiger partial charge in [-0.05, 0) is 40.6 Å². The van der Waals surface area contributed by atoms with Crippen molar-refractivity contribution in [1.29, 1.82) is 0 Å². The minimum absolute atomic E-state index is 0.0536. The van der Waals surface area contributed by atoms with E-state index < -0.39 is 35.9 Å². The van der Waals surface area contributed by atoms with Gasteiger partial charge in [-0.2, -0.15) is 0 Å².